The minimum atomic E-state index is -0.280. The lowest BCUT2D eigenvalue weighted by Crippen LogP contribution is -2.00. The van der Waals surface area contributed by atoms with Crippen molar-refractivity contribution in [2.45, 2.75) is 26.3 Å². The molecule has 1 aromatic heterocycles. The maximum atomic E-state index is 11.8. The summed E-state index contributed by atoms with van der Waals surface area (Å²) in [5.74, 6) is -0.280. The van der Waals surface area contributed by atoms with Gasteiger partial charge >= 0.3 is 5.97 Å². The lowest BCUT2D eigenvalue weighted by molar-refractivity contribution is 0.0602. The fourth-order valence-corrected chi connectivity index (χ4v) is 2.40. The molecule has 0 saturated carbocycles. The predicted octanol–water partition coefficient (Wildman–Crippen LogP) is 3.99. The third-order valence-electron chi connectivity index (χ3n) is 3.00. The number of aryl methyl sites for hydroxylation is 1. The van der Waals surface area contributed by atoms with Crippen molar-refractivity contribution in [1.82, 2.24) is 4.57 Å². The van der Waals surface area contributed by atoms with E-state index in [0.29, 0.717) is 5.56 Å². The van der Waals surface area contributed by atoms with Gasteiger partial charge in [0.1, 0.15) is 0 Å². The average Bonchev–Trinajstić information content (AvgIpc) is 2.73. The molecule has 4 heteroatoms. The van der Waals surface area contributed by atoms with Crippen LogP contribution in [0.4, 0.5) is 0 Å². The van der Waals surface area contributed by atoms with E-state index in [-0.39, 0.29) is 5.97 Å². The van der Waals surface area contributed by atoms with Gasteiger partial charge in [0.2, 0.25) is 0 Å². The van der Waals surface area contributed by atoms with Gasteiger partial charge in [-0.05, 0) is 18.6 Å². The number of ether oxygens (including phenoxy) is 1. The van der Waals surface area contributed by atoms with Crippen molar-refractivity contribution in [3.8, 4) is 0 Å². The number of methoxy groups -OCH3 is 1. The summed E-state index contributed by atoms with van der Waals surface area (Å²) < 4.78 is 7.97. The van der Waals surface area contributed by atoms with E-state index in [0.717, 1.165) is 34.8 Å². The molecule has 0 radical (unpaired) electrons. The molecule has 0 bridgehead atoms. The Morgan fingerprint density at radius 3 is 2.89 bits per heavy atom. The van der Waals surface area contributed by atoms with Crippen LogP contribution in [0.2, 0.25) is 0 Å². The Morgan fingerprint density at radius 1 is 1.44 bits per heavy atom. The Labute approximate surface area is 115 Å². The van der Waals surface area contributed by atoms with Gasteiger partial charge in [-0.3, -0.25) is 0 Å². The Balaban J connectivity index is 2.55. The Morgan fingerprint density at radius 2 is 2.22 bits per heavy atom. The lowest BCUT2D eigenvalue weighted by Gasteiger charge is -2.03. The predicted molar refractivity (Wildman–Crippen MR) is 75.9 cm³/mol. The normalized spacial score (nSPS) is 10.8. The number of carbonyl (C=O) groups is 1. The van der Waals surface area contributed by atoms with E-state index >= 15 is 0 Å². The number of unbranched alkanes of at least 4 members (excludes halogenated alkanes) is 1. The molecule has 3 nitrogen and oxygen atoms in total. The molecule has 0 aliphatic heterocycles. The van der Waals surface area contributed by atoms with Crippen molar-refractivity contribution in [3.05, 3.63) is 34.4 Å². The molecule has 1 aromatic carbocycles. The number of hydrogen-bond acceptors (Lipinski definition) is 2. The molecule has 0 aliphatic rings. The highest BCUT2D eigenvalue weighted by Gasteiger charge is 2.15. The zero-order chi connectivity index (χ0) is 13.1. The second-order valence-electron chi connectivity index (χ2n) is 4.24. The largest absolute Gasteiger partial charge is 0.465 e. The van der Waals surface area contributed by atoms with Gasteiger partial charge in [-0.15, -0.1) is 0 Å². The molecule has 0 spiro atoms. The van der Waals surface area contributed by atoms with Crippen molar-refractivity contribution >= 4 is 32.8 Å². The zero-order valence-electron chi connectivity index (χ0n) is 10.6. The van der Waals surface area contributed by atoms with E-state index in [4.69, 9.17) is 4.74 Å². The number of carbonyl (C=O) groups excluding carboxylic acids is 1. The standard InChI is InChI=1S/C14H16BrNO2/c1-3-4-7-16-9-12(14(17)18-2)11-6-5-10(15)8-13(11)16/h5-6,8-9H,3-4,7H2,1-2H3. The van der Waals surface area contributed by atoms with Crippen LogP contribution in [0.3, 0.4) is 0 Å². The van der Waals surface area contributed by atoms with Crippen LogP contribution in [0.25, 0.3) is 10.9 Å². The number of aromatic nitrogens is 1. The van der Waals surface area contributed by atoms with E-state index in [1.54, 1.807) is 0 Å². The quantitative estimate of drug-likeness (QED) is 0.800. The third-order valence-corrected chi connectivity index (χ3v) is 3.50. The molecule has 96 valence electrons. The van der Waals surface area contributed by atoms with Gasteiger partial charge in [-0.1, -0.05) is 35.3 Å². The van der Waals surface area contributed by atoms with Crippen molar-refractivity contribution in [1.29, 1.82) is 0 Å². The molecular formula is C14H16BrNO2. The highest BCUT2D eigenvalue weighted by molar-refractivity contribution is 9.10. The van der Waals surface area contributed by atoms with E-state index in [1.807, 2.05) is 24.4 Å². The average molecular weight is 310 g/mol. The monoisotopic (exact) mass is 309 g/mol. The second kappa shape index (κ2) is 5.57. The highest BCUT2D eigenvalue weighted by atomic mass is 79.9. The number of halogens is 1. The van der Waals surface area contributed by atoms with Crippen LogP contribution in [0.5, 0.6) is 0 Å². The summed E-state index contributed by atoms with van der Waals surface area (Å²) in [5.41, 5.74) is 1.70. The number of nitrogens with zero attached hydrogens (tertiary/aromatic N) is 1. The van der Waals surface area contributed by atoms with Crippen molar-refractivity contribution in [2.75, 3.05) is 7.11 Å². The SMILES string of the molecule is CCCCn1cc(C(=O)OC)c2ccc(Br)cc21. The Hall–Kier alpha value is -1.29. The summed E-state index contributed by atoms with van der Waals surface area (Å²) in [6, 6.07) is 5.94. The van der Waals surface area contributed by atoms with E-state index in [2.05, 4.69) is 27.4 Å². The number of hydrogen-bond donors (Lipinski definition) is 0. The van der Waals surface area contributed by atoms with Crippen molar-refractivity contribution in [2.24, 2.45) is 0 Å². The van der Waals surface area contributed by atoms with E-state index < -0.39 is 0 Å². The minimum absolute atomic E-state index is 0.280. The fourth-order valence-electron chi connectivity index (χ4n) is 2.05. The van der Waals surface area contributed by atoms with Crippen molar-refractivity contribution in [3.63, 3.8) is 0 Å². The maximum absolute atomic E-state index is 11.8. The van der Waals surface area contributed by atoms with Crippen LogP contribution >= 0.6 is 15.9 Å². The molecular weight excluding hydrogens is 294 g/mol. The molecule has 1 heterocycles. The zero-order valence-corrected chi connectivity index (χ0v) is 12.2. The first kappa shape index (κ1) is 13.1. The second-order valence-corrected chi connectivity index (χ2v) is 5.16. The van der Waals surface area contributed by atoms with Crippen LogP contribution in [0.15, 0.2) is 28.9 Å². The van der Waals surface area contributed by atoms with Crippen LogP contribution in [0, 0.1) is 0 Å². The van der Waals surface area contributed by atoms with Gasteiger partial charge in [0.15, 0.2) is 0 Å². The van der Waals surface area contributed by atoms with E-state index in [1.165, 1.54) is 7.11 Å². The molecule has 2 rings (SSSR count). The van der Waals surface area contributed by atoms with Crippen LogP contribution in [0.1, 0.15) is 30.1 Å². The van der Waals surface area contributed by atoms with Gasteiger partial charge in [-0.25, -0.2) is 4.79 Å². The van der Waals surface area contributed by atoms with Gasteiger partial charge in [0.25, 0.3) is 0 Å². The first-order valence-corrected chi connectivity index (χ1v) is 6.83. The minimum Gasteiger partial charge on any atom is -0.465 e. The first-order chi connectivity index (χ1) is 8.67. The summed E-state index contributed by atoms with van der Waals surface area (Å²) in [6.07, 6.45) is 4.11. The van der Waals surface area contributed by atoms with Gasteiger partial charge in [-0.2, -0.15) is 0 Å². The Kier molecular flexibility index (Phi) is 4.07. The molecule has 2 aromatic rings. The van der Waals surface area contributed by atoms with Gasteiger partial charge in [0.05, 0.1) is 18.2 Å². The number of fused-ring (bicyclic) bond motifs is 1. The number of rotatable bonds is 4. The van der Waals surface area contributed by atoms with Gasteiger partial charge < -0.3 is 9.30 Å². The van der Waals surface area contributed by atoms with E-state index in [9.17, 15) is 4.79 Å². The molecule has 0 fully saturated rings. The van der Waals surface area contributed by atoms with Crippen LogP contribution in [-0.4, -0.2) is 17.6 Å². The molecule has 18 heavy (non-hydrogen) atoms. The maximum Gasteiger partial charge on any atom is 0.340 e. The lowest BCUT2D eigenvalue weighted by atomic mass is 10.2. The van der Waals surface area contributed by atoms with Crippen molar-refractivity contribution < 1.29 is 9.53 Å². The van der Waals surface area contributed by atoms with Gasteiger partial charge in [0, 0.05) is 22.6 Å². The summed E-state index contributed by atoms with van der Waals surface area (Å²) in [6.45, 7) is 3.07. The molecule has 0 unspecified atom stereocenters. The number of benzene rings is 1. The van der Waals surface area contributed by atoms with Crippen LogP contribution < -0.4 is 0 Å². The number of esters is 1. The Bertz CT molecular complexity index is 574. The summed E-state index contributed by atoms with van der Waals surface area (Å²) in [7, 11) is 1.41. The molecule has 0 atom stereocenters. The smallest absolute Gasteiger partial charge is 0.340 e. The molecule has 0 aliphatic carbocycles. The van der Waals surface area contributed by atoms with Crippen LogP contribution in [-0.2, 0) is 11.3 Å². The highest BCUT2D eigenvalue weighted by Crippen LogP contribution is 2.26. The summed E-state index contributed by atoms with van der Waals surface area (Å²) in [5, 5.41) is 0.946. The first-order valence-electron chi connectivity index (χ1n) is 6.04. The molecule has 0 amide bonds. The fraction of sp³-hybridized carbons (Fsp3) is 0.357. The molecule has 0 saturated heterocycles. The summed E-state index contributed by atoms with van der Waals surface area (Å²) >= 11 is 3.47. The summed E-state index contributed by atoms with van der Waals surface area (Å²) in [4.78, 5) is 11.8. The third kappa shape index (κ3) is 2.43. The topological polar surface area (TPSA) is 31.2 Å². The molecule has 0 N–H and O–H groups in total.